The van der Waals surface area contributed by atoms with E-state index in [1.54, 1.807) is 34.9 Å². The van der Waals surface area contributed by atoms with Crippen LogP contribution < -0.4 is 10.3 Å². The first kappa shape index (κ1) is 20.8. The highest BCUT2D eigenvalue weighted by Gasteiger charge is 2.20. The van der Waals surface area contributed by atoms with Gasteiger partial charge in [0, 0.05) is 6.61 Å². The summed E-state index contributed by atoms with van der Waals surface area (Å²) in [6.45, 7) is 4.66. The molecule has 0 amide bonds. The second-order valence-corrected chi connectivity index (χ2v) is 7.16. The minimum Gasteiger partial charge on any atom is -0.457 e. The van der Waals surface area contributed by atoms with Crippen LogP contribution in [0.15, 0.2) is 77.6 Å². The van der Waals surface area contributed by atoms with E-state index in [0.29, 0.717) is 41.4 Å². The minimum atomic E-state index is -0.338. The fraction of sp³-hybridized carbons (Fsp3) is 0.200. The third-order valence-corrected chi connectivity index (χ3v) is 5.07. The van der Waals surface area contributed by atoms with Crippen LogP contribution in [0.1, 0.15) is 24.4 Å². The maximum atomic E-state index is 13.5. The van der Waals surface area contributed by atoms with E-state index < -0.39 is 0 Å². The van der Waals surface area contributed by atoms with Crippen LogP contribution in [0.3, 0.4) is 0 Å². The minimum absolute atomic E-state index is 0.166. The topological polar surface area (TPSA) is 53.4 Å². The van der Waals surface area contributed by atoms with E-state index in [2.05, 4.69) is 4.98 Å². The number of nitrogens with zero attached hydrogens (tertiary/aromatic N) is 2. The van der Waals surface area contributed by atoms with Crippen molar-refractivity contribution in [1.82, 2.24) is 9.55 Å². The van der Waals surface area contributed by atoms with Crippen molar-refractivity contribution in [3.05, 3.63) is 100 Å². The van der Waals surface area contributed by atoms with E-state index in [0.717, 1.165) is 5.56 Å². The van der Waals surface area contributed by atoms with Gasteiger partial charge in [0.2, 0.25) is 0 Å². The molecule has 0 spiro atoms. The number of aryl methyl sites for hydroxylation is 1. The Bertz CT molecular complexity index is 1240. The average Bonchev–Trinajstić information content (AvgIpc) is 2.78. The quantitative estimate of drug-likeness (QED) is 0.411. The predicted molar refractivity (Wildman–Crippen MR) is 118 cm³/mol. The van der Waals surface area contributed by atoms with Gasteiger partial charge in [-0.1, -0.05) is 30.3 Å². The molecule has 0 radical (unpaired) electrons. The number of rotatable bonds is 7. The summed E-state index contributed by atoms with van der Waals surface area (Å²) in [6, 6.07) is 20.4. The molecule has 3 aromatic carbocycles. The molecule has 158 valence electrons. The van der Waals surface area contributed by atoms with E-state index in [1.807, 2.05) is 44.2 Å². The Hall–Kier alpha value is -3.51. The van der Waals surface area contributed by atoms with Crippen LogP contribution in [0.4, 0.5) is 4.39 Å². The van der Waals surface area contributed by atoms with E-state index in [4.69, 9.17) is 9.47 Å². The van der Waals surface area contributed by atoms with E-state index >= 15 is 0 Å². The summed E-state index contributed by atoms with van der Waals surface area (Å²) in [5, 5.41) is 0.447. The summed E-state index contributed by atoms with van der Waals surface area (Å²) in [7, 11) is 0. The molecule has 5 nitrogen and oxygen atoms in total. The number of ether oxygens (including phenoxy) is 2. The molecule has 1 aromatic heterocycles. The molecule has 0 saturated carbocycles. The van der Waals surface area contributed by atoms with Crippen LogP contribution in [0.2, 0.25) is 0 Å². The average molecular weight is 418 g/mol. The SMILES string of the molecule is CCOC[C@@H](c1ccccc1)n1c(C)nc2ccc(Oc3ccc(F)cc3)cc2c1=O. The molecular weight excluding hydrogens is 395 g/mol. The normalized spacial score (nSPS) is 12.1. The molecule has 0 unspecified atom stereocenters. The van der Waals surface area contributed by atoms with Gasteiger partial charge in [0.05, 0.1) is 23.6 Å². The Morgan fingerprint density at radius 3 is 2.42 bits per heavy atom. The van der Waals surface area contributed by atoms with Crippen LogP contribution in [-0.2, 0) is 4.74 Å². The summed E-state index contributed by atoms with van der Waals surface area (Å²) in [5.74, 6) is 1.24. The predicted octanol–water partition coefficient (Wildman–Crippen LogP) is 5.26. The molecular formula is C25H23FN2O3. The summed E-state index contributed by atoms with van der Waals surface area (Å²) >= 11 is 0. The third kappa shape index (κ3) is 4.49. The molecule has 0 N–H and O–H groups in total. The molecule has 1 heterocycles. The number of hydrogen-bond donors (Lipinski definition) is 0. The largest absolute Gasteiger partial charge is 0.457 e. The Morgan fingerprint density at radius 1 is 1.00 bits per heavy atom. The number of halogens is 1. The maximum absolute atomic E-state index is 13.5. The van der Waals surface area contributed by atoms with Crippen LogP contribution in [0.25, 0.3) is 10.9 Å². The second kappa shape index (κ2) is 9.10. The van der Waals surface area contributed by atoms with E-state index in [-0.39, 0.29) is 17.4 Å². The molecule has 4 aromatic rings. The van der Waals surface area contributed by atoms with Crippen molar-refractivity contribution < 1.29 is 13.9 Å². The Morgan fingerprint density at radius 2 is 1.71 bits per heavy atom. The Labute approximate surface area is 179 Å². The van der Waals surface area contributed by atoms with Crippen molar-refractivity contribution in [3.8, 4) is 11.5 Å². The lowest BCUT2D eigenvalue weighted by atomic mass is 10.1. The molecule has 0 aliphatic rings. The van der Waals surface area contributed by atoms with Gasteiger partial charge in [-0.05, 0) is 61.9 Å². The third-order valence-electron chi connectivity index (χ3n) is 5.07. The van der Waals surface area contributed by atoms with E-state index in [9.17, 15) is 9.18 Å². The van der Waals surface area contributed by atoms with E-state index in [1.165, 1.54) is 12.1 Å². The molecule has 0 bridgehead atoms. The zero-order chi connectivity index (χ0) is 21.8. The molecule has 4 rings (SSSR count). The molecule has 6 heteroatoms. The van der Waals surface area contributed by atoms with Crippen molar-refractivity contribution in [2.75, 3.05) is 13.2 Å². The lowest BCUT2D eigenvalue weighted by molar-refractivity contribution is 0.123. The van der Waals surface area contributed by atoms with Gasteiger partial charge in [0.25, 0.3) is 5.56 Å². The highest BCUT2D eigenvalue weighted by molar-refractivity contribution is 5.79. The number of aromatic nitrogens is 2. The van der Waals surface area contributed by atoms with Gasteiger partial charge in [-0.2, -0.15) is 0 Å². The highest BCUT2D eigenvalue weighted by atomic mass is 19.1. The lowest BCUT2D eigenvalue weighted by Gasteiger charge is -2.22. The van der Waals surface area contributed by atoms with Crippen molar-refractivity contribution in [3.63, 3.8) is 0 Å². The maximum Gasteiger partial charge on any atom is 0.262 e. The number of fused-ring (bicyclic) bond motifs is 1. The van der Waals surface area contributed by atoms with Crippen LogP contribution in [0.5, 0.6) is 11.5 Å². The van der Waals surface area contributed by atoms with Crippen LogP contribution >= 0.6 is 0 Å². The van der Waals surface area contributed by atoms with Gasteiger partial charge in [-0.3, -0.25) is 9.36 Å². The van der Waals surface area contributed by atoms with Gasteiger partial charge < -0.3 is 9.47 Å². The van der Waals surface area contributed by atoms with Crippen molar-refractivity contribution >= 4 is 10.9 Å². The van der Waals surface area contributed by atoms with Gasteiger partial charge in [0.15, 0.2) is 0 Å². The Balaban J connectivity index is 1.79. The molecule has 31 heavy (non-hydrogen) atoms. The fourth-order valence-corrected chi connectivity index (χ4v) is 3.58. The first-order valence-electron chi connectivity index (χ1n) is 10.2. The summed E-state index contributed by atoms with van der Waals surface area (Å²) < 4.78 is 26.3. The molecule has 0 aliphatic heterocycles. The monoisotopic (exact) mass is 418 g/mol. The van der Waals surface area contributed by atoms with Crippen molar-refractivity contribution in [1.29, 1.82) is 0 Å². The number of benzene rings is 3. The van der Waals surface area contributed by atoms with Crippen molar-refractivity contribution in [2.45, 2.75) is 19.9 Å². The molecule has 0 fully saturated rings. The van der Waals surface area contributed by atoms with Gasteiger partial charge in [-0.15, -0.1) is 0 Å². The lowest BCUT2D eigenvalue weighted by Crippen LogP contribution is -2.31. The first-order chi connectivity index (χ1) is 15.1. The van der Waals surface area contributed by atoms with Crippen LogP contribution in [0, 0.1) is 12.7 Å². The molecule has 0 aliphatic carbocycles. The van der Waals surface area contributed by atoms with Gasteiger partial charge >= 0.3 is 0 Å². The standard InChI is InChI=1S/C25H23FN2O3/c1-3-30-16-24(18-7-5-4-6-8-18)28-17(2)27-23-14-13-21(15-22(23)25(28)29)31-20-11-9-19(26)10-12-20/h4-15,24H,3,16H2,1-2H3/t24-/m0/s1. The highest BCUT2D eigenvalue weighted by Crippen LogP contribution is 2.25. The zero-order valence-corrected chi connectivity index (χ0v) is 17.4. The van der Waals surface area contributed by atoms with Crippen LogP contribution in [-0.4, -0.2) is 22.8 Å². The fourth-order valence-electron chi connectivity index (χ4n) is 3.58. The second-order valence-electron chi connectivity index (χ2n) is 7.16. The Kier molecular flexibility index (Phi) is 6.09. The van der Waals surface area contributed by atoms with Crippen molar-refractivity contribution in [2.24, 2.45) is 0 Å². The first-order valence-corrected chi connectivity index (χ1v) is 10.2. The smallest absolute Gasteiger partial charge is 0.262 e. The summed E-state index contributed by atoms with van der Waals surface area (Å²) in [5.41, 5.74) is 1.40. The van der Waals surface area contributed by atoms with Gasteiger partial charge in [0.1, 0.15) is 23.1 Å². The number of hydrogen-bond acceptors (Lipinski definition) is 4. The summed E-state index contributed by atoms with van der Waals surface area (Å²) in [6.07, 6.45) is 0. The summed E-state index contributed by atoms with van der Waals surface area (Å²) in [4.78, 5) is 18.2. The molecule has 0 saturated heterocycles. The molecule has 1 atom stereocenters. The zero-order valence-electron chi connectivity index (χ0n) is 17.4. The van der Waals surface area contributed by atoms with Gasteiger partial charge in [-0.25, -0.2) is 9.37 Å².